The molecule has 1 aliphatic carbocycles. The zero-order valence-electron chi connectivity index (χ0n) is 20.6. The third kappa shape index (κ3) is 5.01. The highest BCUT2D eigenvalue weighted by Crippen LogP contribution is 2.68. The van der Waals surface area contributed by atoms with Crippen LogP contribution in [0.5, 0.6) is 0 Å². The summed E-state index contributed by atoms with van der Waals surface area (Å²) in [7, 11) is -6.41. The Balaban J connectivity index is 1.68. The molecule has 5 rings (SSSR count). The molecule has 0 radical (unpaired) electrons. The first-order chi connectivity index (χ1) is 17.5. The smallest absolute Gasteiger partial charge is 0.258 e. The molecule has 1 fully saturated rings. The van der Waals surface area contributed by atoms with Gasteiger partial charge in [0, 0.05) is 0 Å². The fourth-order valence-corrected chi connectivity index (χ4v) is 10.5. The van der Waals surface area contributed by atoms with Crippen LogP contribution in [0.1, 0.15) is 49.1 Å². The molecule has 0 heterocycles. The largest absolute Gasteiger partial charge is 0.422 e. The molecule has 0 amide bonds. The fourth-order valence-electron chi connectivity index (χ4n) is 5.05. The van der Waals surface area contributed by atoms with Gasteiger partial charge in [0.05, 0.1) is 25.0 Å². The van der Waals surface area contributed by atoms with Crippen molar-refractivity contribution in [2.75, 3.05) is 0 Å². The van der Waals surface area contributed by atoms with Gasteiger partial charge in [-0.1, -0.05) is 85.5 Å². The Kier molecular flexibility index (Phi) is 7.33. The molecule has 3 nitrogen and oxygen atoms in total. The van der Waals surface area contributed by atoms with E-state index in [1.54, 1.807) is 12.1 Å². The molecule has 1 aliphatic rings. The molecule has 0 atom stereocenters. The average Bonchev–Trinajstić information content (AvgIpc) is 2.93. The lowest BCUT2D eigenvalue weighted by atomic mass is 9.84. The molecule has 36 heavy (non-hydrogen) atoms. The lowest BCUT2D eigenvalue weighted by Gasteiger charge is -2.35. The minimum Gasteiger partial charge on any atom is -0.258 e. The van der Waals surface area contributed by atoms with Crippen LogP contribution in [0.4, 0.5) is 0 Å². The zero-order chi connectivity index (χ0) is 25.0. The predicted octanol–water partition coefficient (Wildman–Crippen LogP) is 8.72. The highest BCUT2D eigenvalue weighted by Gasteiger charge is 2.43. The van der Waals surface area contributed by atoms with Crippen molar-refractivity contribution in [3.8, 4) is 0 Å². The van der Waals surface area contributed by atoms with Gasteiger partial charge in [-0.15, -0.1) is 8.42 Å². The van der Waals surface area contributed by atoms with E-state index in [1.165, 1.54) is 37.7 Å². The number of aryl methyl sites for hydroxylation is 1. The molecule has 1 saturated carbocycles. The van der Waals surface area contributed by atoms with Gasteiger partial charge in [0.1, 0.15) is 4.90 Å². The van der Waals surface area contributed by atoms with Gasteiger partial charge in [-0.25, -0.2) is 0 Å². The number of hydrogen-bond donors (Lipinski definition) is 0. The fraction of sp³-hybridized carbons (Fsp3) is 0.226. The maximum Gasteiger partial charge on any atom is 0.422 e. The van der Waals surface area contributed by atoms with Crippen molar-refractivity contribution in [2.24, 2.45) is 0 Å². The van der Waals surface area contributed by atoms with Crippen molar-refractivity contribution < 1.29 is 12.0 Å². The number of hydrogen-bond acceptors (Lipinski definition) is 2. The van der Waals surface area contributed by atoms with E-state index in [0.717, 1.165) is 20.2 Å². The monoisotopic (exact) mass is 517 g/mol. The van der Waals surface area contributed by atoms with Gasteiger partial charge in [-0.2, -0.15) is 0 Å². The molecule has 186 valence electrons. The van der Waals surface area contributed by atoms with Gasteiger partial charge in [-0.3, -0.25) is 3.63 Å². The highest BCUT2D eigenvalue weighted by molar-refractivity contribution is 8.32. The first kappa shape index (κ1) is 24.8. The molecule has 0 unspecified atom stereocenters. The minimum atomic E-state index is -3.95. The van der Waals surface area contributed by atoms with Gasteiger partial charge in [0.25, 0.3) is 0 Å². The quantitative estimate of drug-likeness (QED) is 0.182. The van der Waals surface area contributed by atoms with E-state index in [2.05, 4.69) is 24.3 Å². The second kappa shape index (κ2) is 10.6. The average molecular weight is 518 g/mol. The molecule has 0 aliphatic heterocycles. The van der Waals surface area contributed by atoms with E-state index in [1.807, 2.05) is 79.7 Å². The zero-order valence-corrected chi connectivity index (χ0v) is 22.2. The van der Waals surface area contributed by atoms with E-state index in [-0.39, 0.29) is 4.90 Å². The van der Waals surface area contributed by atoms with Crippen LogP contribution in [-0.4, -0.2) is 12.0 Å². The van der Waals surface area contributed by atoms with Crippen LogP contribution in [0.2, 0.25) is 0 Å². The lowest BCUT2D eigenvalue weighted by molar-refractivity contribution is 0.387. The molecular formula is C31H33O3S2+. The summed E-state index contributed by atoms with van der Waals surface area (Å²) in [5.41, 5.74) is 2.35. The topological polar surface area (TPSA) is 46.9 Å². The number of benzene rings is 4. The summed E-state index contributed by atoms with van der Waals surface area (Å²) in [5.74, 6) is 0.582. The third-order valence-corrected chi connectivity index (χ3v) is 12.4. The van der Waals surface area contributed by atoms with Crippen molar-refractivity contribution in [2.45, 2.75) is 64.5 Å². The van der Waals surface area contributed by atoms with Crippen LogP contribution in [0, 0.1) is 6.92 Å². The summed E-state index contributed by atoms with van der Waals surface area (Å²) in [4.78, 5) is 2.94. The molecular weight excluding hydrogens is 484 g/mol. The maximum absolute atomic E-state index is 13.8. The molecule has 5 heteroatoms. The third-order valence-electron chi connectivity index (χ3n) is 7.00. The summed E-state index contributed by atoms with van der Waals surface area (Å²) in [6.45, 7) is 1.95. The van der Waals surface area contributed by atoms with Gasteiger partial charge in [0.15, 0.2) is 0 Å². The minimum absolute atomic E-state index is 0.218. The van der Waals surface area contributed by atoms with Crippen LogP contribution in [0.25, 0.3) is 0 Å². The van der Waals surface area contributed by atoms with Crippen molar-refractivity contribution in [3.63, 3.8) is 0 Å². The Morgan fingerprint density at radius 3 is 1.58 bits per heavy atom. The van der Waals surface area contributed by atoms with Crippen LogP contribution in [-0.2, 0) is 10.1 Å². The summed E-state index contributed by atoms with van der Waals surface area (Å²) >= 11 is 0. The van der Waals surface area contributed by atoms with Crippen LogP contribution in [0.3, 0.4) is 0 Å². The molecule has 0 saturated heterocycles. The first-order valence-electron chi connectivity index (χ1n) is 12.6. The predicted molar refractivity (Wildman–Crippen MR) is 149 cm³/mol. The Bertz CT molecular complexity index is 1340. The summed E-state index contributed by atoms with van der Waals surface area (Å²) in [5, 5.41) is 0. The SMILES string of the molecule is Cc1ccc(S(=O)(=O)[OH+]S(c2ccccc2)(c2ccccc2)c2ccc(C3CCCCC3)cc2)cc1. The molecule has 4 aromatic carbocycles. The highest BCUT2D eigenvalue weighted by atomic mass is 32.3. The van der Waals surface area contributed by atoms with E-state index >= 15 is 0 Å². The number of rotatable bonds is 7. The lowest BCUT2D eigenvalue weighted by Crippen LogP contribution is -2.19. The molecule has 4 aromatic rings. The van der Waals surface area contributed by atoms with E-state index in [9.17, 15) is 8.42 Å². The van der Waals surface area contributed by atoms with Crippen LogP contribution >= 0.6 is 10.3 Å². The van der Waals surface area contributed by atoms with Gasteiger partial charge in [-0.05, 0) is 79.8 Å². The van der Waals surface area contributed by atoms with Crippen LogP contribution < -0.4 is 0 Å². The normalized spacial score (nSPS) is 15.5. The molecule has 1 N–H and O–H groups in total. The first-order valence-corrected chi connectivity index (χ1v) is 15.6. The van der Waals surface area contributed by atoms with Crippen molar-refractivity contribution in [1.82, 2.24) is 0 Å². The Morgan fingerprint density at radius 2 is 1.06 bits per heavy atom. The Morgan fingerprint density at radius 1 is 0.583 bits per heavy atom. The van der Waals surface area contributed by atoms with Crippen molar-refractivity contribution >= 4 is 20.4 Å². The van der Waals surface area contributed by atoms with Gasteiger partial charge >= 0.3 is 10.1 Å². The Labute approximate surface area is 216 Å². The summed E-state index contributed by atoms with van der Waals surface area (Å²) in [6, 6.07) is 35.4. The van der Waals surface area contributed by atoms with E-state index in [0.29, 0.717) is 5.92 Å². The van der Waals surface area contributed by atoms with E-state index in [4.69, 9.17) is 3.63 Å². The molecule has 0 spiro atoms. The summed E-state index contributed by atoms with van der Waals surface area (Å²) < 4.78 is 32.5. The van der Waals surface area contributed by atoms with Crippen molar-refractivity contribution in [1.29, 1.82) is 0 Å². The maximum atomic E-state index is 13.8. The molecule has 0 aromatic heterocycles. The summed E-state index contributed by atoms with van der Waals surface area (Å²) in [6.07, 6.45) is 6.32. The second-order valence-corrected chi connectivity index (χ2v) is 14.1. The van der Waals surface area contributed by atoms with Crippen LogP contribution in [0.15, 0.2) is 129 Å². The second-order valence-electron chi connectivity index (χ2n) is 9.47. The van der Waals surface area contributed by atoms with Crippen molar-refractivity contribution in [3.05, 3.63) is 120 Å². The van der Waals surface area contributed by atoms with Gasteiger partial charge < -0.3 is 0 Å². The standard InChI is InChI=1S/C31H32O3S2/c1-25-17-21-31(22-18-25)36(32,33)34-35(28-13-7-3-8-14-28,29-15-9-4-10-16-29)30-23-19-27(20-24-30)26-11-5-2-6-12-26/h3-4,7-10,13-24,26H,2,5-6,11-12H2,1H3/p+1. The molecule has 0 bridgehead atoms. The Hall–Kier alpha value is -2.86. The van der Waals surface area contributed by atoms with Gasteiger partial charge in [0.2, 0.25) is 0 Å². The van der Waals surface area contributed by atoms with E-state index < -0.39 is 20.4 Å².